The summed E-state index contributed by atoms with van der Waals surface area (Å²) in [5.41, 5.74) is 7.62. The highest BCUT2D eigenvalue weighted by molar-refractivity contribution is 5.85. The van der Waals surface area contributed by atoms with Gasteiger partial charge in [0.15, 0.2) is 0 Å². The molecule has 5 heteroatoms. The number of aromatic nitrogens is 2. The highest BCUT2D eigenvalue weighted by Crippen LogP contribution is 2.17. The maximum atomic E-state index is 8.86. The number of nitrogen functional groups attached to an aromatic ring is 1. The molecule has 2 aromatic rings. The molecule has 0 saturated carbocycles. The van der Waals surface area contributed by atoms with E-state index in [0.717, 1.165) is 5.52 Å². The number of fused-ring (bicyclic) bond motifs is 1. The van der Waals surface area contributed by atoms with E-state index in [9.17, 15) is 0 Å². The first-order chi connectivity index (χ1) is 5.83. The Kier molecular flexibility index (Phi) is 2.75. The number of nitrogens with two attached hydrogens (primary N) is 1. The van der Waals surface area contributed by atoms with Gasteiger partial charge in [0.2, 0.25) is 0 Å². The zero-order chi connectivity index (χ0) is 8.55. The van der Waals surface area contributed by atoms with E-state index < -0.39 is 0 Å². The molecule has 0 aromatic carbocycles. The molecule has 0 fully saturated rings. The van der Waals surface area contributed by atoms with Crippen LogP contribution in [0.3, 0.4) is 0 Å². The summed E-state index contributed by atoms with van der Waals surface area (Å²) >= 11 is 0. The summed E-state index contributed by atoms with van der Waals surface area (Å²) in [5.74, 6) is 0. The quantitative estimate of drug-likeness (QED) is 0.715. The van der Waals surface area contributed by atoms with Crippen molar-refractivity contribution in [3.63, 3.8) is 0 Å². The average Bonchev–Trinajstić information content (AvgIpc) is 2.44. The first-order valence-electron chi connectivity index (χ1n) is 3.65. The molecule has 13 heavy (non-hydrogen) atoms. The largest absolute Gasteiger partial charge is 0.395 e. The Hall–Kier alpha value is -1.26. The highest BCUT2D eigenvalue weighted by atomic mass is 35.5. The van der Waals surface area contributed by atoms with Crippen LogP contribution in [0.5, 0.6) is 0 Å². The molecule has 3 N–H and O–H groups in total. The van der Waals surface area contributed by atoms with E-state index in [2.05, 4.69) is 5.10 Å². The zero-order valence-electron chi connectivity index (χ0n) is 6.84. The number of halogens is 1. The van der Waals surface area contributed by atoms with Gasteiger partial charge < -0.3 is 10.8 Å². The topological polar surface area (TPSA) is 63.5 Å². The number of hydrogen-bond acceptors (Lipinski definition) is 3. The lowest BCUT2D eigenvalue weighted by Crippen LogP contribution is -1.90. The Balaban J connectivity index is 0.000000845. The van der Waals surface area contributed by atoms with Crippen molar-refractivity contribution in [1.82, 2.24) is 9.61 Å². The van der Waals surface area contributed by atoms with Crippen LogP contribution in [-0.2, 0) is 6.61 Å². The van der Waals surface area contributed by atoms with Crippen LogP contribution in [0.1, 0.15) is 5.69 Å². The Morgan fingerprint density at radius 1 is 1.46 bits per heavy atom. The van der Waals surface area contributed by atoms with Crippen molar-refractivity contribution < 1.29 is 5.11 Å². The Bertz CT molecular complexity index is 413. The van der Waals surface area contributed by atoms with Crippen LogP contribution in [0, 0.1) is 0 Å². The predicted octanol–water partition coefficient (Wildman–Crippen LogP) is 0.831. The predicted molar refractivity (Wildman–Crippen MR) is 52.8 cm³/mol. The van der Waals surface area contributed by atoms with Crippen LogP contribution in [0.4, 0.5) is 5.69 Å². The first-order valence-corrected chi connectivity index (χ1v) is 3.65. The summed E-state index contributed by atoms with van der Waals surface area (Å²) in [4.78, 5) is 0. The van der Waals surface area contributed by atoms with Gasteiger partial charge in [0.25, 0.3) is 0 Å². The molecule has 0 amide bonds. The number of hydrogen-bond donors (Lipinski definition) is 2. The summed E-state index contributed by atoms with van der Waals surface area (Å²) in [6, 6.07) is 5.61. The third-order valence-corrected chi connectivity index (χ3v) is 1.80. The van der Waals surface area contributed by atoms with E-state index in [-0.39, 0.29) is 19.0 Å². The number of rotatable bonds is 1. The van der Waals surface area contributed by atoms with Crippen molar-refractivity contribution in [1.29, 1.82) is 0 Å². The van der Waals surface area contributed by atoms with E-state index in [0.29, 0.717) is 11.4 Å². The second-order valence-electron chi connectivity index (χ2n) is 2.55. The number of pyridine rings is 1. The van der Waals surface area contributed by atoms with E-state index >= 15 is 0 Å². The summed E-state index contributed by atoms with van der Waals surface area (Å²) in [6.07, 6.45) is 1.80. The second kappa shape index (κ2) is 3.64. The normalized spacial score (nSPS) is 9.92. The van der Waals surface area contributed by atoms with E-state index in [4.69, 9.17) is 10.8 Å². The molecule has 2 aromatic heterocycles. The van der Waals surface area contributed by atoms with Gasteiger partial charge in [-0.3, -0.25) is 0 Å². The van der Waals surface area contributed by atoms with E-state index in [1.54, 1.807) is 10.7 Å². The van der Waals surface area contributed by atoms with Crippen LogP contribution in [0.25, 0.3) is 5.52 Å². The molecule has 70 valence electrons. The summed E-state index contributed by atoms with van der Waals surface area (Å²) in [7, 11) is 0. The molecule has 2 heterocycles. The van der Waals surface area contributed by atoms with Crippen molar-refractivity contribution in [2.24, 2.45) is 0 Å². The molecule has 0 spiro atoms. The van der Waals surface area contributed by atoms with Crippen LogP contribution >= 0.6 is 12.4 Å². The fourth-order valence-electron chi connectivity index (χ4n) is 1.18. The Morgan fingerprint density at radius 3 is 2.85 bits per heavy atom. The fourth-order valence-corrected chi connectivity index (χ4v) is 1.18. The smallest absolute Gasteiger partial charge is 0.112 e. The van der Waals surface area contributed by atoms with Crippen molar-refractivity contribution in [2.45, 2.75) is 6.61 Å². The number of anilines is 1. The standard InChI is InChI=1S/C8H9N3O.ClH/c9-8-6(5-12)10-11-4-2-1-3-7(8)11;/h1-4,12H,5,9H2;1H. The van der Waals surface area contributed by atoms with Crippen molar-refractivity contribution in [2.75, 3.05) is 5.73 Å². The lowest BCUT2D eigenvalue weighted by atomic mass is 10.3. The minimum absolute atomic E-state index is 0. The van der Waals surface area contributed by atoms with Gasteiger partial charge in [-0.1, -0.05) is 6.07 Å². The van der Waals surface area contributed by atoms with Crippen molar-refractivity contribution in [3.05, 3.63) is 30.1 Å². The molecule has 0 radical (unpaired) electrons. The Morgan fingerprint density at radius 2 is 2.23 bits per heavy atom. The molecule has 0 atom stereocenters. The third kappa shape index (κ3) is 1.46. The maximum Gasteiger partial charge on any atom is 0.112 e. The van der Waals surface area contributed by atoms with Gasteiger partial charge in [-0.15, -0.1) is 12.4 Å². The van der Waals surface area contributed by atoms with Gasteiger partial charge in [-0.2, -0.15) is 5.10 Å². The molecular formula is C8H10ClN3O. The number of aliphatic hydroxyl groups is 1. The number of nitrogens with zero attached hydrogens (tertiary/aromatic N) is 2. The minimum atomic E-state index is -0.118. The van der Waals surface area contributed by atoms with Gasteiger partial charge in [0.05, 0.1) is 17.8 Å². The highest BCUT2D eigenvalue weighted by Gasteiger charge is 2.06. The number of aliphatic hydroxyl groups excluding tert-OH is 1. The van der Waals surface area contributed by atoms with Crippen molar-refractivity contribution in [3.8, 4) is 0 Å². The van der Waals surface area contributed by atoms with Gasteiger partial charge in [0.1, 0.15) is 5.69 Å². The van der Waals surface area contributed by atoms with Crippen molar-refractivity contribution >= 4 is 23.6 Å². The monoisotopic (exact) mass is 199 g/mol. The molecule has 4 nitrogen and oxygen atoms in total. The summed E-state index contributed by atoms with van der Waals surface area (Å²) in [6.45, 7) is -0.118. The third-order valence-electron chi connectivity index (χ3n) is 1.80. The van der Waals surface area contributed by atoms with Crippen LogP contribution in [-0.4, -0.2) is 14.7 Å². The van der Waals surface area contributed by atoms with Gasteiger partial charge in [0, 0.05) is 6.20 Å². The Labute approximate surface area is 81.4 Å². The maximum absolute atomic E-state index is 8.86. The average molecular weight is 200 g/mol. The lowest BCUT2D eigenvalue weighted by molar-refractivity contribution is 0.277. The molecule has 0 aliphatic heterocycles. The van der Waals surface area contributed by atoms with Gasteiger partial charge in [-0.05, 0) is 12.1 Å². The first kappa shape index (κ1) is 9.83. The SMILES string of the molecule is Cl.Nc1c(CO)nn2ccccc12. The zero-order valence-corrected chi connectivity index (χ0v) is 7.66. The molecule has 0 bridgehead atoms. The van der Waals surface area contributed by atoms with Gasteiger partial charge >= 0.3 is 0 Å². The van der Waals surface area contributed by atoms with Gasteiger partial charge in [-0.25, -0.2) is 4.52 Å². The van der Waals surface area contributed by atoms with Crippen LogP contribution in [0.15, 0.2) is 24.4 Å². The molecule has 0 aliphatic carbocycles. The van der Waals surface area contributed by atoms with Crippen LogP contribution in [0.2, 0.25) is 0 Å². The molecule has 0 aliphatic rings. The van der Waals surface area contributed by atoms with Crippen LogP contribution < -0.4 is 5.73 Å². The molecular weight excluding hydrogens is 190 g/mol. The summed E-state index contributed by atoms with van der Waals surface area (Å²) in [5, 5.41) is 12.9. The molecule has 0 saturated heterocycles. The minimum Gasteiger partial charge on any atom is -0.395 e. The van der Waals surface area contributed by atoms with E-state index in [1.165, 1.54) is 0 Å². The van der Waals surface area contributed by atoms with E-state index in [1.807, 2.05) is 18.2 Å². The summed E-state index contributed by atoms with van der Waals surface area (Å²) < 4.78 is 1.65. The molecule has 0 unspecified atom stereocenters. The second-order valence-corrected chi connectivity index (χ2v) is 2.55. The lowest BCUT2D eigenvalue weighted by Gasteiger charge is -1.90. The fraction of sp³-hybridized carbons (Fsp3) is 0.125. The molecule has 2 rings (SSSR count).